The molecule has 0 aliphatic carbocycles. The summed E-state index contributed by atoms with van der Waals surface area (Å²) < 4.78 is -0.0519. The normalized spacial score (nSPS) is 12.2. The van der Waals surface area contributed by atoms with Gasteiger partial charge in [0.15, 0.2) is 0 Å². The van der Waals surface area contributed by atoms with E-state index in [2.05, 4.69) is 76.2 Å². The van der Waals surface area contributed by atoms with Gasteiger partial charge in [-0.1, -0.05) is 47.5 Å². The molecule has 0 bridgehead atoms. The molecule has 0 aromatic heterocycles. The maximum absolute atomic E-state index is 6.03. The van der Waals surface area contributed by atoms with Gasteiger partial charge in [0.05, 0.1) is 0 Å². The summed E-state index contributed by atoms with van der Waals surface area (Å²) in [5.74, 6) is 0. The summed E-state index contributed by atoms with van der Waals surface area (Å²) in [6.07, 6.45) is 0. The third kappa shape index (κ3) is 5.51. The smallest absolute Gasteiger partial charge is 0.0406 e. The molecular weight excluding hydrogens is 423 g/mol. The topological polar surface area (TPSA) is 0 Å². The number of thioether (sulfide) groups is 2. The molecule has 0 aliphatic rings. The van der Waals surface area contributed by atoms with Gasteiger partial charge in [-0.15, -0.1) is 23.5 Å². The maximum atomic E-state index is 6.03. The van der Waals surface area contributed by atoms with E-state index in [-0.39, 0.29) is 9.49 Å². The van der Waals surface area contributed by atoms with Crippen molar-refractivity contribution in [3.8, 4) is 0 Å². The van der Waals surface area contributed by atoms with Crippen molar-refractivity contribution in [3.05, 3.63) is 94.0 Å². The second kappa shape index (κ2) is 8.75. The third-order valence-electron chi connectivity index (χ3n) is 4.65. The molecule has 28 heavy (non-hydrogen) atoms. The van der Waals surface area contributed by atoms with Gasteiger partial charge in [0.2, 0.25) is 0 Å². The van der Waals surface area contributed by atoms with Crippen molar-refractivity contribution < 1.29 is 0 Å². The number of rotatable bonds is 6. The van der Waals surface area contributed by atoms with Crippen LogP contribution in [0.2, 0.25) is 10.0 Å². The van der Waals surface area contributed by atoms with Gasteiger partial charge < -0.3 is 0 Å². The van der Waals surface area contributed by atoms with Gasteiger partial charge in [0.25, 0.3) is 0 Å². The standard InChI is InChI=1S/C24H24Cl2S2/c1-23(2,17-5-9-19(25)10-6-17)27-21-13-15-22(16-14-21)28-24(3,4)18-7-11-20(26)12-8-18/h5-16H,1-4H3. The Morgan fingerprint density at radius 1 is 0.500 bits per heavy atom. The molecule has 146 valence electrons. The van der Waals surface area contributed by atoms with Crippen molar-refractivity contribution in [2.24, 2.45) is 0 Å². The minimum atomic E-state index is -0.0260. The lowest BCUT2D eigenvalue weighted by molar-refractivity contribution is 0.780. The Morgan fingerprint density at radius 2 is 0.786 bits per heavy atom. The summed E-state index contributed by atoms with van der Waals surface area (Å²) in [7, 11) is 0. The van der Waals surface area contributed by atoms with E-state index in [1.165, 1.54) is 20.9 Å². The molecule has 0 amide bonds. The Bertz CT molecular complexity index is 834. The van der Waals surface area contributed by atoms with Gasteiger partial charge in [-0.25, -0.2) is 0 Å². The molecule has 0 radical (unpaired) electrons. The first-order valence-corrected chi connectivity index (χ1v) is 11.5. The predicted molar refractivity (Wildman–Crippen MR) is 127 cm³/mol. The van der Waals surface area contributed by atoms with E-state index in [0.717, 1.165) is 10.0 Å². The van der Waals surface area contributed by atoms with Crippen LogP contribution in [0.4, 0.5) is 0 Å². The zero-order valence-corrected chi connectivity index (χ0v) is 19.6. The molecule has 0 N–H and O–H groups in total. The van der Waals surface area contributed by atoms with Crippen LogP contribution in [0.25, 0.3) is 0 Å². The van der Waals surface area contributed by atoms with Gasteiger partial charge in [-0.2, -0.15) is 0 Å². The fraction of sp³-hybridized carbons (Fsp3) is 0.250. The predicted octanol–water partition coefficient (Wildman–Crippen LogP) is 9.05. The molecule has 0 heterocycles. The van der Waals surface area contributed by atoms with Crippen LogP contribution in [0.15, 0.2) is 82.6 Å². The SMILES string of the molecule is CC(C)(Sc1ccc(SC(C)(C)c2ccc(Cl)cc2)cc1)c1ccc(Cl)cc1. The molecule has 4 heteroatoms. The molecule has 3 rings (SSSR count). The number of benzene rings is 3. The van der Waals surface area contributed by atoms with Crippen molar-refractivity contribution in [2.45, 2.75) is 47.0 Å². The Kier molecular flexibility index (Phi) is 6.76. The Balaban J connectivity index is 1.70. The van der Waals surface area contributed by atoms with Gasteiger partial charge in [0.1, 0.15) is 0 Å². The zero-order chi connectivity index (χ0) is 20.4. The summed E-state index contributed by atoms with van der Waals surface area (Å²) in [6, 6.07) is 25.1. The molecule has 0 spiro atoms. The maximum Gasteiger partial charge on any atom is 0.0406 e. The molecule has 0 unspecified atom stereocenters. The van der Waals surface area contributed by atoms with E-state index in [0.29, 0.717) is 0 Å². The summed E-state index contributed by atoms with van der Waals surface area (Å²) in [4.78, 5) is 2.52. The highest BCUT2D eigenvalue weighted by molar-refractivity contribution is 8.00. The van der Waals surface area contributed by atoms with Crippen LogP contribution in [0, 0.1) is 0 Å². The number of halogens is 2. The zero-order valence-electron chi connectivity index (χ0n) is 16.5. The van der Waals surface area contributed by atoms with Crippen molar-refractivity contribution in [1.82, 2.24) is 0 Å². The third-order valence-corrected chi connectivity index (χ3v) is 7.66. The van der Waals surface area contributed by atoms with Crippen molar-refractivity contribution in [1.29, 1.82) is 0 Å². The van der Waals surface area contributed by atoms with Crippen LogP contribution in [0.3, 0.4) is 0 Å². The van der Waals surface area contributed by atoms with Crippen LogP contribution < -0.4 is 0 Å². The van der Waals surface area contributed by atoms with Crippen molar-refractivity contribution in [3.63, 3.8) is 0 Å². The molecule has 0 saturated heterocycles. The largest absolute Gasteiger partial charge is 0.115 e. The minimum absolute atomic E-state index is 0.0260. The van der Waals surface area contributed by atoms with Crippen molar-refractivity contribution >= 4 is 46.7 Å². The van der Waals surface area contributed by atoms with Gasteiger partial charge >= 0.3 is 0 Å². The molecule has 0 fully saturated rings. The average molecular weight is 447 g/mol. The summed E-state index contributed by atoms with van der Waals surface area (Å²) in [6.45, 7) is 8.97. The van der Waals surface area contributed by atoms with Crippen LogP contribution >= 0.6 is 46.7 Å². The van der Waals surface area contributed by atoms with Crippen molar-refractivity contribution in [2.75, 3.05) is 0 Å². The van der Waals surface area contributed by atoms with E-state index in [4.69, 9.17) is 23.2 Å². The number of hydrogen-bond donors (Lipinski definition) is 0. The fourth-order valence-corrected chi connectivity index (χ4v) is 5.47. The summed E-state index contributed by atoms with van der Waals surface area (Å²) in [5.41, 5.74) is 2.54. The summed E-state index contributed by atoms with van der Waals surface area (Å²) in [5, 5.41) is 1.54. The number of hydrogen-bond acceptors (Lipinski definition) is 2. The first kappa shape index (κ1) is 21.6. The first-order chi connectivity index (χ1) is 13.2. The van der Waals surface area contributed by atoms with E-state index in [1.54, 1.807) is 0 Å². The van der Waals surface area contributed by atoms with E-state index < -0.39 is 0 Å². The summed E-state index contributed by atoms with van der Waals surface area (Å²) >= 11 is 15.8. The van der Waals surface area contributed by atoms with E-state index in [9.17, 15) is 0 Å². The molecule has 0 atom stereocenters. The van der Waals surface area contributed by atoms with E-state index in [1.807, 2.05) is 47.8 Å². The molecule has 0 aliphatic heterocycles. The molecular formula is C24H24Cl2S2. The lowest BCUT2D eigenvalue weighted by Crippen LogP contribution is -2.12. The van der Waals surface area contributed by atoms with Crippen LogP contribution in [0.1, 0.15) is 38.8 Å². The second-order valence-electron chi connectivity index (χ2n) is 7.71. The molecule has 3 aromatic rings. The van der Waals surface area contributed by atoms with Gasteiger partial charge in [-0.3, -0.25) is 0 Å². The Morgan fingerprint density at radius 3 is 1.07 bits per heavy atom. The fourth-order valence-electron chi connectivity index (χ4n) is 2.99. The second-order valence-corrected chi connectivity index (χ2v) is 12.0. The minimum Gasteiger partial charge on any atom is -0.115 e. The Labute approximate surface area is 187 Å². The average Bonchev–Trinajstić information content (AvgIpc) is 2.64. The quantitative estimate of drug-likeness (QED) is 0.346. The molecule has 3 aromatic carbocycles. The first-order valence-electron chi connectivity index (χ1n) is 9.16. The van der Waals surface area contributed by atoms with E-state index >= 15 is 0 Å². The van der Waals surface area contributed by atoms with Crippen LogP contribution in [-0.4, -0.2) is 0 Å². The van der Waals surface area contributed by atoms with Gasteiger partial charge in [-0.05, 0) is 87.4 Å². The molecule has 0 saturated carbocycles. The highest BCUT2D eigenvalue weighted by Gasteiger charge is 2.24. The monoisotopic (exact) mass is 446 g/mol. The highest BCUT2D eigenvalue weighted by atomic mass is 35.5. The highest BCUT2D eigenvalue weighted by Crippen LogP contribution is 2.44. The lowest BCUT2D eigenvalue weighted by Gasteiger charge is -2.26. The van der Waals surface area contributed by atoms with Crippen LogP contribution in [-0.2, 0) is 9.49 Å². The van der Waals surface area contributed by atoms with Crippen LogP contribution in [0.5, 0.6) is 0 Å². The lowest BCUT2D eigenvalue weighted by atomic mass is 10.0. The van der Waals surface area contributed by atoms with Gasteiger partial charge in [0, 0.05) is 29.3 Å². The molecule has 0 nitrogen and oxygen atoms in total. The Hall–Kier alpha value is -1.06.